The standard InChI is InChI=1S/C12H12N2O/c1-10-5-2-3-7-12(10)14-13-9-11-6-4-8-15-11/h2-9,14H,1H3/b13-9-. The first kappa shape index (κ1) is 9.52. The van der Waals surface area contributed by atoms with E-state index >= 15 is 0 Å². The highest BCUT2D eigenvalue weighted by atomic mass is 16.3. The molecular formula is C12H12N2O. The van der Waals surface area contributed by atoms with Crippen LogP contribution in [-0.4, -0.2) is 6.21 Å². The summed E-state index contributed by atoms with van der Waals surface area (Å²) in [4.78, 5) is 0. The summed E-state index contributed by atoms with van der Waals surface area (Å²) in [6, 6.07) is 11.7. The molecule has 0 atom stereocenters. The molecule has 76 valence electrons. The Morgan fingerprint density at radius 1 is 1.20 bits per heavy atom. The minimum absolute atomic E-state index is 0.732. The first-order valence-corrected chi connectivity index (χ1v) is 4.74. The fraction of sp³-hybridized carbons (Fsp3) is 0.0833. The number of nitrogens with one attached hydrogen (secondary N) is 1. The van der Waals surface area contributed by atoms with E-state index in [1.54, 1.807) is 12.5 Å². The lowest BCUT2D eigenvalue weighted by molar-refractivity contribution is 0.560. The SMILES string of the molecule is Cc1ccccc1N/N=C\c1ccco1. The first-order valence-electron chi connectivity index (χ1n) is 4.74. The zero-order valence-corrected chi connectivity index (χ0v) is 8.47. The third-order valence-electron chi connectivity index (χ3n) is 2.07. The summed E-state index contributed by atoms with van der Waals surface area (Å²) in [7, 11) is 0. The van der Waals surface area contributed by atoms with Crippen LogP contribution in [0, 0.1) is 6.92 Å². The van der Waals surface area contributed by atoms with Crippen molar-refractivity contribution < 1.29 is 4.42 Å². The second-order valence-corrected chi connectivity index (χ2v) is 3.20. The van der Waals surface area contributed by atoms with Gasteiger partial charge in [0.2, 0.25) is 0 Å². The predicted octanol–water partition coefficient (Wildman–Crippen LogP) is 3.03. The maximum atomic E-state index is 5.11. The number of nitrogens with zero attached hydrogens (tertiary/aromatic N) is 1. The van der Waals surface area contributed by atoms with Crippen molar-refractivity contribution in [2.45, 2.75) is 6.92 Å². The Morgan fingerprint density at radius 3 is 2.80 bits per heavy atom. The van der Waals surface area contributed by atoms with Crippen LogP contribution in [0.4, 0.5) is 5.69 Å². The molecule has 3 nitrogen and oxygen atoms in total. The van der Waals surface area contributed by atoms with Crippen molar-refractivity contribution in [1.29, 1.82) is 0 Å². The second kappa shape index (κ2) is 4.46. The van der Waals surface area contributed by atoms with Crippen LogP contribution in [0.25, 0.3) is 0 Å². The number of rotatable bonds is 3. The van der Waals surface area contributed by atoms with Crippen LogP contribution in [0.15, 0.2) is 52.2 Å². The lowest BCUT2D eigenvalue weighted by Crippen LogP contribution is -1.91. The zero-order valence-electron chi connectivity index (χ0n) is 8.47. The summed E-state index contributed by atoms with van der Waals surface area (Å²) < 4.78 is 5.11. The van der Waals surface area contributed by atoms with Gasteiger partial charge in [0, 0.05) is 0 Å². The number of anilines is 1. The van der Waals surface area contributed by atoms with Crippen molar-refractivity contribution in [3.8, 4) is 0 Å². The van der Waals surface area contributed by atoms with Gasteiger partial charge in [0.25, 0.3) is 0 Å². The Hall–Kier alpha value is -2.03. The molecule has 0 saturated heterocycles. The average Bonchev–Trinajstić information content (AvgIpc) is 2.74. The van der Waals surface area contributed by atoms with Crippen LogP contribution in [0.3, 0.4) is 0 Å². The van der Waals surface area contributed by atoms with Gasteiger partial charge in [0.05, 0.1) is 18.2 Å². The van der Waals surface area contributed by atoms with E-state index in [2.05, 4.69) is 10.5 Å². The molecule has 0 fully saturated rings. The van der Waals surface area contributed by atoms with Crippen molar-refractivity contribution in [3.63, 3.8) is 0 Å². The van der Waals surface area contributed by atoms with Crippen molar-refractivity contribution in [1.82, 2.24) is 0 Å². The summed E-state index contributed by atoms with van der Waals surface area (Å²) in [6.07, 6.45) is 3.27. The molecular weight excluding hydrogens is 188 g/mol. The van der Waals surface area contributed by atoms with Crippen LogP contribution < -0.4 is 5.43 Å². The van der Waals surface area contributed by atoms with Crippen LogP contribution in [0.5, 0.6) is 0 Å². The van der Waals surface area contributed by atoms with Crippen molar-refractivity contribution >= 4 is 11.9 Å². The van der Waals surface area contributed by atoms with Gasteiger partial charge in [0.1, 0.15) is 5.76 Å². The minimum Gasteiger partial charge on any atom is -0.463 e. The molecule has 15 heavy (non-hydrogen) atoms. The lowest BCUT2D eigenvalue weighted by atomic mass is 10.2. The van der Waals surface area contributed by atoms with Crippen molar-refractivity contribution in [3.05, 3.63) is 54.0 Å². The normalized spacial score (nSPS) is 10.7. The van der Waals surface area contributed by atoms with Gasteiger partial charge in [0.15, 0.2) is 0 Å². The van der Waals surface area contributed by atoms with E-state index in [9.17, 15) is 0 Å². The molecule has 3 heteroatoms. The summed E-state index contributed by atoms with van der Waals surface area (Å²) in [6.45, 7) is 2.03. The third-order valence-corrected chi connectivity index (χ3v) is 2.07. The highest BCUT2D eigenvalue weighted by Gasteiger charge is 1.93. The smallest absolute Gasteiger partial charge is 0.146 e. The zero-order chi connectivity index (χ0) is 10.5. The quantitative estimate of drug-likeness (QED) is 0.610. The Labute approximate surface area is 88.4 Å². The molecule has 0 saturated carbocycles. The lowest BCUT2D eigenvalue weighted by Gasteiger charge is -2.02. The Kier molecular flexibility index (Phi) is 2.83. The summed E-state index contributed by atoms with van der Waals surface area (Å²) in [5.74, 6) is 0.732. The molecule has 1 aromatic carbocycles. The van der Waals surface area contributed by atoms with Gasteiger partial charge in [-0.3, -0.25) is 5.43 Å². The van der Waals surface area contributed by atoms with Crippen LogP contribution >= 0.6 is 0 Å². The van der Waals surface area contributed by atoms with Gasteiger partial charge in [-0.15, -0.1) is 0 Å². The molecule has 1 aromatic heterocycles. The second-order valence-electron chi connectivity index (χ2n) is 3.20. The van der Waals surface area contributed by atoms with E-state index in [1.165, 1.54) is 0 Å². The highest BCUT2D eigenvalue weighted by molar-refractivity contribution is 5.76. The number of benzene rings is 1. The van der Waals surface area contributed by atoms with E-state index in [-0.39, 0.29) is 0 Å². The molecule has 0 aliphatic heterocycles. The molecule has 2 rings (SSSR count). The van der Waals surface area contributed by atoms with Crippen molar-refractivity contribution in [2.75, 3.05) is 5.43 Å². The Bertz CT molecular complexity index is 446. The van der Waals surface area contributed by atoms with E-state index < -0.39 is 0 Å². The van der Waals surface area contributed by atoms with Crippen LogP contribution in [0.2, 0.25) is 0 Å². The van der Waals surface area contributed by atoms with Crippen molar-refractivity contribution in [2.24, 2.45) is 5.10 Å². The molecule has 1 N–H and O–H groups in total. The average molecular weight is 200 g/mol. The highest BCUT2D eigenvalue weighted by Crippen LogP contribution is 2.12. The summed E-state index contributed by atoms with van der Waals surface area (Å²) in [5.41, 5.74) is 5.12. The number of hydrogen-bond donors (Lipinski definition) is 1. The summed E-state index contributed by atoms with van der Waals surface area (Å²) >= 11 is 0. The Morgan fingerprint density at radius 2 is 2.07 bits per heavy atom. The molecule has 1 heterocycles. The maximum absolute atomic E-state index is 5.11. The monoisotopic (exact) mass is 200 g/mol. The molecule has 0 aliphatic carbocycles. The van der Waals surface area contributed by atoms with Gasteiger partial charge in [-0.1, -0.05) is 18.2 Å². The number of para-hydroxylation sites is 1. The summed E-state index contributed by atoms with van der Waals surface area (Å²) in [5, 5.41) is 4.08. The predicted molar refractivity (Wildman–Crippen MR) is 61.1 cm³/mol. The van der Waals surface area contributed by atoms with Gasteiger partial charge >= 0.3 is 0 Å². The maximum Gasteiger partial charge on any atom is 0.146 e. The number of aryl methyl sites for hydroxylation is 1. The van der Waals surface area contributed by atoms with Gasteiger partial charge in [-0.25, -0.2) is 0 Å². The van der Waals surface area contributed by atoms with E-state index in [1.807, 2.05) is 43.3 Å². The van der Waals surface area contributed by atoms with Gasteiger partial charge in [-0.05, 0) is 30.7 Å². The number of furan rings is 1. The molecule has 2 aromatic rings. The fourth-order valence-electron chi connectivity index (χ4n) is 1.23. The largest absolute Gasteiger partial charge is 0.463 e. The van der Waals surface area contributed by atoms with Gasteiger partial charge in [-0.2, -0.15) is 5.10 Å². The van der Waals surface area contributed by atoms with Gasteiger partial charge < -0.3 is 4.42 Å². The molecule has 0 spiro atoms. The molecule has 0 bridgehead atoms. The minimum atomic E-state index is 0.732. The van der Waals surface area contributed by atoms with E-state index in [4.69, 9.17) is 4.42 Å². The molecule has 0 aliphatic rings. The molecule has 0 radical (unpaired) electrons. The third kappa shape index (κ3) is 2.47. The molecule has 0 amide bonds. The van der Waals surface area contributed by atoms with E-state index in [0.29, 0.717) is 0 Å². The number of hydrogen-bond acceptors (Lipinski definition) is 3. The van der Waals surface area contributed by atoms with Crippen LogP contribution in [-0.2, 0) is 0 Å². The van der Waals surface area contributed by atoms with Crippen LogP contribution in [0.1, 0.15) is 11.3 Å². The van der Waals surface area contributed by atoms with E-state index in [0.717, 1.165) is 17.0 Å². The molecule has 0 unspecified atom stereocenters. The fourth-order valence-corrected chi connectivity index (χ4v) is 1.23. The first-order chi connectivity index (χ1) is 7.36. The number of hydrazone groups is 1. The Balaban J connectivity index is 2.02. The topological polar surface area (TPSA) is 37.5 Å².